The zero-order chi connectivity index (χ0) is 13.2. The second-order valence-electron chi connectivity index (χ2n) is 4.75. The summed E-state index contributed by atoms with van der Waals surface area (Å²) in [6, 6.07) is 1.89. The van der Waals surface area contributed by atoms with Gasteiger partial charge in [-0.3, -0.25) is 4.79 Å². The van der Waals surface area contributed by atoms with E-state index in [1.54, 1.807) is 13.8 Å². The molecule has 3 nitrogen and oxygen atoms in total. The highest BCUT2D eigenvalue weighted by atomic mass is 35.5. The van der Waals surface area contributed by atoms with Crippen LogP contribution in [0.1, 0.15) is 29.8 Å². The van der Waals surface area contributed by atoms with Gasteiger partial charge in [0.25, 0.3) is 5.91 Å². The molecule has 0 spiro atoms. The van der Waals surface area contributed by atoms with Crippen LogP contribution >= 0.6 is 12.4 Å². The van der Waals surface area contributed by atoms with E-state index in [1.165, 1.54) is 13.0 Å². The van der Waals surface area contributed by atoms with E-state index < -0.39 is 23.1 Å². The number of hydrogen-bond donors (Lipinski definition) is 2. The highest BCUT2D eigenvalue weighted by molar-refractivity contribution is 5.94. The van der Waals surface area contributed by atoms with Crippen LogP contribution in [0.4, 0.5) is 8.78 Å². The summed E-state index contributed by atoms with van der Waals surface area (Å²) in [4.78, 5) is 11.6. The van der Waals surface area contributed by atoms with Gasteiger partial charge in [-0.1, -0.05) is 0 Å². The van der Waals surface area contributed by atoms with Crippen molar-refractivity contribution in [2.45, 2.75) is 26.3 Å². The van der Waals surface area contributed by atoms with Crippen LogP contribution in [0.15, 0.2) is 12.1 Å². The molecule has 0 heterocycles. The molecule has 0 radical (unpaired) electrons. The molecule has 0 unspecified atom stereocenters. The smallest absolute Gasteiger partial charge is 0.254 e. The second kappa shape index (κ2) is 6.11. The fourth-order valence-corrected chi connectivity index (χ4v) is 1.23. The van der Waals surface area contributed by atoms with Crippen LogP contribution in [0.5, 0.6) is 0 Å². The number of aryl methyl sites for hydroxylation is 1. The zero-order valence-corrected chi connectivity index (χ0v) is 11.3. The third-order valence-corrected chi connectivity index (χ3v) is 2.20. The van der Waals surface area contributed by atoms with Crippen LogP contribution in [0.3, 0.4) is 0 Å². The summed E-state index contributed by atoms with van der Waals surface area (Å²) in [7, 11) is 0. The third kappa shape index (κ3) is 4.58. The van der Waals surface area contributed by atoms with E-state index in [2.05, 4.69) is 5.32 Å². The first kappa shape index (κ1) is 16.8. The second-order valence-corrected chi connectivity index (χ2v) is 4.75. The van der Waals surface area contributed by atoms with E-state index in [9.17, 15) is 13.6 Å². The number of nitrogens with two attached hydrogens (primary N) is 1. The van der Waals surface area contributed by atoms with E-state index >= 15 is 0 Å². The number of rotatable bonds is 3. The molecular formula is C12H17ClF2N2O. The lowest BCUT2D eigenvalue weighted by atomic mass is 10.1. The summed E-state index contributed by atoms with van der Waals surface area (Å²) in [6.45, 7) is 5.15. The van der Waals surface area contributed by atoms with Crippen molar-refractivity contribution < 1.29 is 13.6 Å². The Morgan fingerprint density at radius 1 is 1.33 bits per heavy atom. The standard InChI is InChI=1S/C12H16F2N2O.ClH/c1-7-4-8(10(14)5-9(7)13)11(17)16-6-12(2,3)15;/h4-5H,6,15H2,1-3H3,(H,16,17);1H. The highest BCUT2D eigenvalue weighted by Crippen LogP contribution is 2.14. The van der Waals surface area contributed by atoms with E-state index in [0.717, 1.165) is 0 Å². The number of amides is 1. The van der Waals surface area contributed by atoms with Crippen molar-refractivity contribution in [1.82, 2.24) is 5.32 Å². The Kier molecular flexibility index (Phi) is 5.70. The molecule has 102 valence electrons. The van der Waals surface area contributed by atoms with Gasteiger partial charge in [-0.2, -0.15) is 0 Å². The molecule has 0 saturated carbocycles. The molecule has 0 aromatic heterocycles. The molecule has 0 aliphatic carbocycles. The molecule has 0 bridgehead atoms. The Bertz CT molecular complexity index is 444. The van der Waals surface area contributed by atoms with Gasteiger partial charge in [-0.15, -0.1) is 12.4 Å². The molecule has 1 aromatic rings. The monoisotopic (exact) mass is 278 g/mol. The van der Waals surface area contributed by atoms with Gasteiger partial charge in [0.2, 0.25) is 0 Å². The van der Waals surface area contributed by atoms with Crippen molar-refractivity contribution in [1.29, 1.82) is 0 Å². The van der Waals surface area contributed by atoms with Gasteiger partial charge in [0.1, 0.15) is 11.6 Å². The fourth-order valence-electron chi connectivity index (χ4n) is 1.23. The van der Waals surface area contributed by atoms with Gasteiger partial charge in [-0.05, 0) is 32.4 Å². The van der Waals surface area contributed by atoms with Crippen molar-refractivity contribution >= 4 is 18.3 Å². The largest absolute Gasteiger partial charge is 0.350 e. The average molecular weight is 279 g/mol. The van der Waals surface area contributed by atoms with Gasteiger partial charge >= 0.3 is 0 Å². The highest BCUT2D eigenvalue weighted by Gasteiger charge is 2.17. The minimum absolute atomic E-state index is 0. The number of benzene rings is 1. The van der Waals surface area contributed by atoms with Gasteiger partial charge in [0.15, 0.2) is 0 Å². The molecule has 0 atom stereocenters. The predicted molar refractivity (Wildman–Crippen MR) is 68.9 cm³/mol. The number of halogens is 3. The van der Waals surface area contributed by atoms with Crippen LogP contribution in [0.25, 0.3) is 0 Å². The van der Waals surface area contributed by atoms with Crippen molar-refractivity contribution in [3.05, 3.63) is 34.9 Å². The number of carbonyl (C=O) groups is 1. The normalized spacial score (nSPS) is 10.8. The molecule has 18 heavy (non-hydrogen) atoms. The Balaban J connectivity index is 0.00000289. The number of carbonyl (C=O) groups excluding carboxylic acids is 1. The molecular weight excluding hydrogens is 262 g/mol. The fraction of sp³-hybridized carbons (Fsp3) is 0.417. The number of nitrogens with one attached hydrogen (secondary N) is 1. The SMILES string of the molecule is Cc1cc(C(=O)NCC(C)(C)N)c(F)cc1F.Cl. The summed E-state index contributed by atoms with van der Waals surface area (Å²) in [5, 5.41) is 2.50. The molecule has 3 N–H and O–H groups in total. The van der Waals surface area contributed by atoms with Crippen molar-refractivity contribution in [2.24, 2.45) is 5.73 Å². The van der Waals surface area contributed by atoms with Crippen LogP contribution in [-0.2, 0) is 0 Å². The Hall–Kier alpha value is -1.20. The van der Waals surface area contributed by atoms with Crippen molar-refractivity contribution in [3.63, 3.8) is 0 Å². The first-order valence-corrected chi connectivity index (χ1v) is 5.23. The maximum Gasteiger partial charge on any atom is 0.254 e. The lowest BCUT2D eigenvalue weighted by Crippen LogP contribution is -2.45. The number of hydrogen-bond acceptors (Lipinski definition) is 2. The first-order chi connectivity index (χ1) is 7.70. The maximum absolute atomic E-state index is 13.4. The lowest BCUT2D eigenvalue weighted by molar-refractivity contribution is 0.0942. The van der Waals surface area contributed by atoms with E-state index in [-0.39, 0.29) is 30.1 Å². The molecule has 0 saturated heterocycles. The summed E-state index contributed by atoms with van der Waals surface area (Å²) in [5.41, 5.74) is 5.16. The van der Waals surface area contributed by atoms with Gasteiger partial charge in [0, 0.05) is 18.2 Å². The van der Waals surface area contributed by atoms with E-state index in [0.29, 0.717) is 6.07 Å². The van der Waals surface area contributed by atoms with Crippen LogP contribution in [0.2, 0.25) is 0 Å². The summed E-state index contributed by atoms with van der Waals surface area (Å²) < 4.78 is 26.4. The van der Waals surface area contributed by atoms with Crippen LogP contribution in [0, 0.1) is 18.6 Å². The van der Waals surface area contributed by atoms with E-state index in [4.69, 9.17) is 5.73 Å². The quantitative estimate of drug-likeness (QED) is 0.890. The summed E-state index contributed by atoms with van der Waals surface area (Å²) in [6.07, 6.45) is 0. The Morgan fingerprint density at radius 2 is 1.89 bits per heavy atom. The Labute approximate surface area is 111 Å². The lowest BCUT2D eigenvalue weighted by Gasteiger charge is -2.19. The molecule has 6 heteroatoms. The van der Waals surface area contributed by atoms with Crippen molar-refractivity contribution in [2.75, 3.05) is 6.54 Å². The molecule has 0 fully saturated rings. The predicted octanol–water partition coefficient (Wildman–Crippen LogP) is 2.16. The van der Waals surface area contributed by atoms with Gasteiger partial charge in [0.05, 0.1) is 5.56 Å². The molecule has 1 rings (SSSR count). The molecule has 1 amide bonds. The third-order valence-electron chi connectivity index (χ3n) is 2.20. The minimum Gasteiger partial charge on any atom is -0.350 e. The van der Waals surface area contributed by atoms with Gasteiger partial charge < -0.3 is 11.1 Å². The molecule has 1 aromatic carbocycles. The topological polar surface area (TPSA) is 55.1 Å². The summed E-state index contributed by atoms with van der Waals surface area (Å²) in [5.74, 6) is -2.14. The molecule has 0 aliphatic rings. The van der Waals surface area contributed by atoms with E-state index in [1.807, 2.05) is 0 Å². The zero-order valence-electron chi connectivity index (χ0n) is 10.5. The van der Waals surface area contributed by atoms with Crippen LogP contribution < -0.4 is 11.1 Å². The van der Waals surface area contributed by atoms with Crippen molar-refractivity contribution in [3.8, 4) is 0 Å². The van der Waals surface area contributed by atoms with Crippen LogP contribution in [-0.4, -0.2) is 18.0 Å². The average Bonchev–Trinajstić information content (AvgIpc) is 2.19. The maximum atomic E-state index is 13.4. The first-order valence-electron chi connectivity index (χ1n) is 5.23. The van der Waals surface area contributed by atoms with Gasteiger partial charge in [-0.25, -0.2) is 8.78 Å². The summed E-state index contributed by atoms with van der Waals surface area (Å²) >= 11 is 0. The Morgan fingerprint density at radius 3 is 2.39 bits per heavy atom. The minimum atomic E-state index is -0.875. The molecule has 0 aliphatic heterocycles.